The van der Waals surface area contributed by atoms with Crippen molar-refractivity contribution in [2.24, 2.45) is 0 Å². The average Bonchev–Trinajstić information content (AvgIpc) is 3.46. The molecule has 4 aromatic rings. The first-order valence-electron chi connectivity index (χ1n) is 11.1. The van der Waals surface area contributed by atoms with Crippen molar-refractivity contribution < 1.29 is 18.4 Å². The summed E-state index contributed by atoms with van der Waals surface area (Å²) >= 11 is 0. The van der Waals surface area contributed by atoms with Crippen molar-refractivity contribution in [2.45, 2.75) is 12.5 Å². The van der Waals surface area contributed by atoms with Crippen molar-refractivity contribution in [1.29, 1.82) is 0 Å². The standard InChI is InChI=1S/C25H23FN6O3/c1-3-22(33)29-19-12-17(7-8-21(19)34-18-9-10-32(2)14-18)28-25-27-13-20-23(30-25)24(35-31-20)15-5-4-6-16(26)11-15/h3-8,11-13,18H,1,9-10,14H2,2H3,(H,28,30)(H,29,33). The molecule has 2 aromatic carbocycles. The highest BCUT2D eigenvalue weighted by atomic mass is 19.1. The number of anilines is 3. The van der Waals surface area contributed by atoms with Crippen LogP contribution in [-0.2, 0) is 4.79 Å². The number of likely N-dealkylation sites (tertiary alicyclic amines) is 1. The summed E-state index contributed by atoms with van der Waals surface area (Å²) < 4.78 is 25.3. The molecule has 2 aromatic heterocycles. The molecule has 9 nitrogen and oxygen atoms in total. The summed E-state index contributed by atoms with van der Waals surface area (Å²) in [6.45, 7) is 5.29. The molecule has 0 spiro atoms. The van der Waals surface area contributed by atoms with Gasteiger partial charge < -0.3 is 24.8 Å². The third kappa shape index (κ3) is 4.97. The highest BCUT2D eigenvalue weighted by molar-refractivity contribution is 6.00. The minimum atomic E-state index is -0.389. The fourth-order valence-electron chi connectivity index (χ4n) is 3.92. The second-order valence-electron chi connectivity index (χ2n) is 8.27. The highest BCUT2D eigenvalue weighted by Crippen LogP contribution is 2.32. The zero-order valence-corrected chi connectivity index (χ0v) is 19.0. The van der Waals surface area contributed by atoms with Crippen molar-refractivity contribution in [2.75, 3.05) is 30.8 Å². The van der Waals surface area contributed by atoms with E-state index in [1.165, 1.54) is 24.4 Å². The van der Waals surface area contributed by atoms with E-state index in [0.717, 1.165) is 19.5 Å². The number of benzene rings is 2. The quantitative estimate of drug-likeness (QED) is 0.381. The van der Waals surface area contributed by atoms with Gasteiger partial charge in [0.15, 0.2) is 11.3 Å². The Kier molecular flexibility index (Phi) is 6.11. The van der Waals surface area contributed by atoms with Crippen molar-refractivity contribution in [3.05, 3.63) is 67.1 Å². The minimum Gasteiger partial charge on any atom is -0.487 e. The van der Waals surface area contributed by atoms with Crippen molar-refractivity contribution in [3.8, 4) is 17.1 Å². The summed E-state index contributed by atoms with van der Waals surface area (Å²) in [5.41, 5.74) is 2.53. The first-order valence-corrected chi connectivity index (χ1v) is 11.1. The Morgan fingerprint density at radius 3 is 2.97 bits per heavy atom. The highest BCUT2D eigenvalue weighted by Gasteiger charge is 2.22. The molecular weight excluding hydrogens is 451 g/mol. The van der Waals surface area contributed by atoms with Gasteiger partial charge in [0.1, 0.15) is 23.2 Å². The number of nitrogens with one attached hydrogen (secondary N) is 2. The molecule has 0 aliphatic carbocycles. The number of hydrogen-bond donors (Lipinski definition) is 2. The second kappa shape index (κ2) is 9.51. The van der Waals surface area contributed by atoms with Gasteiger partial charge in [-0.05, 0) is 49.9 Å². The number of ether oxygens (including phenoxy) is 1. The molecule has 35 heavy (non-hydrogen) atoms. The third-order valence-corrected chi connectivity index (χ3v) is 5.63. The van der Waals surface area contributed by atoms with Gasteiger partial charge in [-0.2, -0.15) is 0 Å². The molecule has 1 amide bonds. The summed E-state index contributed by atoms with van der Waals surface area (Å²) in [4.78, 5) is 23.0. The minimum absolute atomic E-state index is 0.0405. The van der Waals surface area contributed by atoms with E-state index in [-0.39, 0.29) is 23.8 Å². The Hall–Kier alpha value is -4.31. The number of nitrogens with zero attached hydrogens (tertiary/aromatic N) is 4. The summed E-state index contributed by atoms with van der Waals surface area (Å²) in [5.74, 6) is 0.451. The van der Waals surface area contributed by atoms with Crippen LogP contribution in [0.2, 0.25) is 0 Å². The number of carbonyl (C=O) groups excluding carboxylic acids is 1. The van der Waals surface area contributed by atoms with Gasteiger partial charge in [-0.15, -0.1) is 0 Å². The Morgan fingerprint density at radius 1 is 1.31 bits per heavy atom. The van der Waals surface area contributed by atoms with E-state index in [1.54, 1.807) is 24.3 Å². The zero-order valence-electron chi connectivity index (χ0n) is 19.0. The number of hydrogen-bond acceptors (Lipinski definition) is 8. The second-order valence-corrected chi connectivity index (χ2v) is 8.27. The lowest BCUT2D eigenvalue weighted by Crippen LogP contribution is -2.22. The van der Waals surface area contributed by atoms with E-state index in [4.69, 9.17) is 9.26 Å². The summed E-state index contributed by atoms with van der Waals surface area (Å²) in [7, 11) is 2.04. The molecular formula is C25H23FN6O3. The molecule has 0 bridgehead atoms. The maximum Gasteiger partial charge on any atom is 0.247 e. The summed E-state index contributed by atoms with van der Waals surface area (Å²) in [6, 6.07) is 11.3. The van der Waals surface area contributed by atoms with Gasteiger partial charge in [-0.3, -0.25) is 4.79 Å². The van der Waals surface area contributed by atoms with Crippen LogP contribution in [-0.4, -0.2) is 52.2 Å². The Bertz CT molecular complexity index is 1410. The van der Waals surface area contributed by atoms with Crippen molar-refractivity contribution in [1.82, 2.24) is 20.0 Å². The van der Waals surface area contributed by atoms with E-state index >= 15 is 0 Å². The van der Waals surface area contributed by atoms with Gasteiger partial charge >= 0.3 is 0 Å². The molecule has 0 saturated carbocycles. The van der Waals surface area contributed by atoms with Crippen LogP contribution in [0.15, 0.2) is 65.8 Å². The molecule has 0 radical (unpaired) electrons. The monoisotopic (exact) mass is 474 g/mol. The Labute approximate surface area is 200 Å². The van der Waals surface area contributed by atoms with Crippen molar-refractivity contribution >= 4 is 34.3 Å². The Morgan fingerprint density at radius 2 is 2.20 bits per heavy atom. The largest absolute Gasteiger partial charge is 0.487 e. The van der Waals surface area contributed by atoms with Gasteiger partial charge in [-0.1, -0.05) is 23.9 Å². The molecule has 1 aliphatic rings. The van der Waals surface area contributed by atoms with Crippen LogP contribution in [0.25, 0.3) is 22.4 Å². The van der Waals surface area contributed by atoms with Crippen LogP contribution in [0.1, 0.15) is 6.42 Å². The SMILES string of the molecule is C=CC(=O)Nc1cc(Nc2ncc3noc(-c4cccc(F)c4)c3n2)ccc1OC1CCN(C)C1. The van der Waals surface area contributed by atoms with Crippen molar-refractivity contribution in [3.63, 3.8) is 0 Å². The van der Waals surface area contributed by atoms with E-state index < -0.39 is 0 Å². The van der Waals surface area contributed by atoms with Gasteiger partial charge in [-0.25, -0.2) is 14.4 Å². The fraction of sp³-hybridized carbons (Fsp3) is 0.200. The average molecular weight is 474 g/mol. The molecule has 5 rings (SSSR count). The van der Waals surface area contributed by atoms with E-state index in [2.05, 4.69) is 37.2 Å². The van der Waals surface area contributed by atoms with E-state index in [1.807, 2.05) is 13.1 Å². The van der Waals surface area contributed by atoms with Gasteiger partial charge in [0.2, 0.25) is 11.9 Å². The van der Waals surface area contributed by atoms with Gasteiger partial charge in [0.05, 0.1) is 11.9 Å². The maximum atomic E-state index is 13.7. The fourth-order valence-corrected chi connectivity index (χ4v) is 3.92. The predicted octanol–water partition coefficient (Wildman–Crippen LogP) is 4.37. The number of fused-ring (bicyclic) bond motifs is 1. The first-order chi connectivity index (χ1) is 17.0. The number of rotatable bonds is 7. The summed E-state index contributed by atoms with van der Waals surface area (Å²) in [5, 5.41) is 9.89. The number of amides is 1. The van der Waals surface area contributed by atoms with Crippen LogP contribution in [0.3, 0.4) is 0 Å². The maximum absolute atomic E-state index is 13.7. The van der Waals surface area contributed by atoms with E-state index in [0.29, 0.717) is 39.5 Å². The number of halogens is 1. The number of carbonyl (C=O) groups is 1. The number of aromatic nitrogens is 3. The van der Waals surface area contributed by atoms with Crippen LogP contribution in [0.5, 0.6) is 5.75 Å². The third-order valence-electron chi connectivity index (χ3n) is 5.63. The lowest BCUT2D eigenvalue weighted by molar-refractivity contribution is -0.111. The predicted molar refractivity (Wildman–Crippen MR) is 130 cm³/mol. The molecule has 1 saturated heterocycles. The lowest BCUT2D eigenvalue weighted by Gasteiger charge is -2.18. The Balaban J connectivity index is 1.43. The molecule has 178 valence electrons. The summed E-state index contributed by atoms with van der Waals surface area (Å²) in [6.07, 6.45) is 3.67. The molecule has 10 heteroatoms. The van der Waals surface area contributed by atoms with Gasteiger partial charge in [0.25, 0.3) is 0 Å². The molecule has 1 aliphatic heterocycles. The molecule has 3 heterocycles. The first kappa shape index (κ1) is 22.5. The van der Waals surface area contributed by atoms with E-state index in [9.17, 15) is 9.18 Å². The molecule has 1 unspecified atom stereocenters. The van der Waals surface area contributed by atoms with Crippen LogP contribution < -0.4 is 15.4 Å². The van der Waals surface area contributed by atoms with Crippen LogP contribution >= 0.6 is 0 Å². The normalized spacial score (nSPS) is 15.8. The number of likely N-dealkylation sites (N-methyl/N-ethyl adjacent to an activating group) is 1. The zero-order chi connectivity index (χ0) is 24.4. The molecule has 1 fully saturated rings. The topological polar surface area (TPSA) is 105 Å². The van der Waals surface area contributed by atoms with Crippen LogP contribution in [0.4, 0.5) is 21.7 Å². The lowest BCUT2D eigenvalue weighted by atomic mass is 10.1. The van der Waals surface area contributed by atoms with Gasteiger partial charge in [0, 0.05) is 24.3 Å². The molecule has 2 N–H and O–H groups in total. The van der Waals surface area contributed by atoms with Crippen LogP contribution in [0, 0.1) is 5.82 Å². The smallest absolute Gasteiger partial charge is 0.247 e. The molecule has 1 atom stereocenters.